The Morgan fingerprint density at radius 2 is 1.17 bits per heavy atom. The van der Waals surface area contributed by atoms with Gasteiger partial charge in [-0.25, -0.2) is 0 Å². The summed E-state index contributed by atoms with van der Waals surface area (Å²) in [6, 6.07) is 16.9. The number of ether oxygens (including phenoxy) is 2. The molecule has 7 N–H and O–H groups in total. The van der Waals surface area contributed by atoms with Gasteiger partial charge in [-0.15, -0.1) is 20.4 Å². The first kappa shape index (κ1) is 40.6. The zero-order valence-corrected chi connectivity index (χ0v) is 31.4. The minimum atomic E-state index is -1.21. The van der Waals surface area contributed by atoms with Gasteiger partial charge in [0.1, 0.15) is 22.7 Å². The van der Waals surface area contributed by atoms with E-state index in [4.69, 9.17) is 20.9 Å². The molecule has 0 aliphatic carbocycles. The number of nitrogens with two attached hydrogens (primary N) is 2. The Labute approximate surface area is 311 Å². The molecule has 0 radical (unpaired) electrons. The summed E-state index contributed by atoms with van der Waals surface area (Å²) in [7, 11) is 0. The summed E-state index contributed by atoms with van der Waals surface area (Å²) in [6.45, 7) is 7.22. The number of aryl methyl sites for hydroxylation is 2. The standard InChI is InChI=1S/C36H48N8O6S2/c1-21(2)29(37)33(47)49-19-25(23-13-7-5-8-14-23)31(45)39-35-43-41-27(51-35)17-11-12-18-28-42-44-36(52-28)40-32(46)26(24-15-9-6-10-16-24)20-50-34(48)30(38)22(3)4/h5-10,13-16,21-22,25-26,29-30,33,47H,11-12,17-20,37-38H2,1-4H3,(H,39,43,45)(H,40,44,46)/t25?,26?,29-,30-,33?/m0/s1. The second-order valence-electron chi connectivity index (χ2n) is 13.1. The van der Waals surface area contributed by atoms with E-state index in [2.05, 4.69) is 31.0 Å². The number of carbonyl (C=O) groups is 3. The van der Waals surface area contributed by atoms with Crippen molar-refractivity contribution in [2.45, 2.75) is 83.6 Å². The summed E-state index contributed by atoms with van der Waals surface area (Å²) in [6.07, 6.45) is 1.67. The zero-order valence-electron chi connectivity index (χ0n) is 29.8. The number of hydrogen-bond acceptors (Lipinski definition) is 14. The molecule has 280 valence electrons. The van der Waals surface area contributed by atoms with E-state index in [1.54, 1.807) is 12.1 Å². The highest BCUT2D eigenvalue weighted by molar-refractivity contribution is 7.15. The third-order valence-electron chi connectivity index (χ3n) is 8.38. The Bertz CT molecular complexity index is 1700. The molecule has 0 saturated carbocycles. The number of anilines is 2. The first-order chi connectivity index (χ1) is 24.9. The van der Waals surface area contributed by atoms with Gasteiger partial charge in [0.05, 0.1) is 24.5 Å². The number of nitrogens with zero attached hydrogens (tertiary/aromatic N) is 4. The average molecular weight is 753 g/mol. The van der Waals surface area contributed by atoms with Crippen LogP contribution in [0.1, 0.15) is 73.5 Å². The van der Waals surface area contributed by atoms with Crippen LogP contribution in [0.5, 0.6) is 0 Å². The molecule has 5 atom stereocenters. The maximum Gasteiger partial charge on any atom is 0.323 e. The number of benzene rings is 2. The number of unbranched alkanes of at least 4 members (excludes halogenated alkanes) is 1. The highest BCUT2D eigenvalue weighted by Gasteiger charge is 2.28. The summed E-state index contributed by atoms with van der Waals surface area (Å²) in [5.74, 6) is -2.79. The van der Waals surface area contributed by atoms with Crippen LogP contribution in [0, 0.1) is 11.8 Å². The van der Waals surface area contributed by atoms with Crippen molar-refractivity contribution in [3.8, 4) is 0 Å². The van der Waals surface area contributed by atoms with Crippen LogP contribution in [0.3, 0.4) is 0 Å². The highest BCUT2D eigenvalue weighted by Crippen LogP contribution is 2.25. The maximum atomic E-state index is 13.3. The molecule has 2 aromatic heterocycles. The van der Waals surface area contributed by atoms with Gasteiger partial charge in [-0.05, 0) is 35.8 Å². The number of aromatic nitrogens is 4. The van der Waals surface area contributed by atoms with Gasteiger partial charge in [-0.3, -0.25) is 25.0 Å². The van der Waals surface area contributed by atoms with E-state index >= 15 is 0 Å². The van der Waals surface area contributed by atoms with Crippen molar-refractivity contribution in [1.29, 1.82) is 0 Å². The second kappa shape index (κ2) is 20.2. The largest absolute Gasteiger partial charge is 0.463 e. The molecule has 2 aromatic carbocycles. The van der Waals surface area contributed by atoms with Crippen LogP contribution in [0.2, 0.25) is 0 Å². The summed E-state index contributed by atoms with van der Waals surface area (Å²) < 4.78 is 11.0. The molecule has 52 heavy (non-hydrogen) atoms. The van der Waals surface area contributed by atoms with Crippen molar-refractivity contribution in [2.24, 2.45) is 23.3 Å². The molecule has 0 aliphatic rings. The van der Waals surface area contributed by atoms with Crippen LogP contribution in [-0.2, 0) is 36.7 Å². The Balaban J connectivity index is 1.25. The SMILES string of the molecule is CC(C)[C@H](N)C(O)OCC(C(=O)Nc1nnc(CCCCc2nnc(NC(=O)C(COC(=O)[C@@H](N)C(C)C)c3ccccc3)s2)s1)c1ccccc1. The van der Waals surface area contributed by atoms with E-state index in [9.17, 15) is 19.5 Å². The van der Waals surface area contributed by atoms with Gasteiger partial charge in [0.2, 0.25) is 22.1 Å². The van der Waals surface area contributed by atoms with Gasteiger partial charge >= 0.3 is 5.97 Å². The van der Waals surface area contributed by atoms with Crippen molar-refractivity contribution < 1.29 is 29.0 Å². The quantitative estimate of drug-likeness (QED) is 0.0487. The monoisotopic (exact) mass is 752 g/mol. The lowest BCUT2D eigenvalue weighted by molar-refractivity contribution is -0.147. The van der Waals surface area contributed by atoms with Crippen LogP contribution in [0.4, 0.5) is 10.3 Å². The molecular weight excluding hydrogens is 705 g/mol. The number of aliphatic hydroxyl groups is 1. The van der Waals surface area contributed by atoms with Gasteiger partial charge in [-0.1, -0.05) is 111 Å². The van der Waals surface area contributed by atoms with Crippen molar-refractivity contribution in [1.82, 2.24) is 20.4 Å². The zero-order chi connectivity index (χ0) is 37.6. The smallest absolute Gasteiger partial charge is 0.323 e. The number of hydrogen-bond donors (Lipinski definition) is 5. The Kier molecular flexibility index (Phi) is 15.7. The minimum absolute atomic E-state index is 0.00123. The van der Waals surface area contributed by atoms with Crippen molar-refractivity contribution in [2.75, 3.05) is 23.8 Å². The third kappa shape index (κ3) is 12.2. The molecule has 3 unspecified atom stereocenters. The molecule has 0 fully saturated rings. The molecule has 0 saturated heterocycles. The predicted molar refractivity (Wildman–Crippen MR) is 201 cm³/mol. The van der Waals surface area contributed by atoms with Gasteiger partial charge in [-0.2, -0.15) is 0 Å². The lowest BCUT2D eigenvalue weighted by Crippen LogP contribution is -2.42. The molecule has 0 spiro atoms. The van der Waals surface area contributed by atoms with Gasteiger partial charge in [0, 0.05) is 12.8 Å². The Hall–Kier alpha value is -4.19. The highest BCUT2D eigenvalue weighted by atomic mass is 32.1. The Morgan fingerprint density at radius 1 is 0.712 bits per heavy atom. The van der Waals surface area contributed by atoms with E-state index in [0.717, 1.165) is 28.4 Å². The van der Waals surface area contributed by atoms with E-state index in [-0.39, 0.29) is 36.9 Å². The Morgan fingerprint density at radius 3 is 1.62 bits per heavy atom. The number of amides is 2. The topological polar surface area (TPSA) is 218 Å². The number of rotatable bonds is 20. The summed E-state index contributed by atoms with van der Waals surface area (Å²) >= 11 is 2.58. The lowest BCUT2D eigenvalue weighted by Gasteiger charge is -2.24. The lowest BCUT2D eigenvalue weighted by atomic mass is 9.99. The van der Waals surface area contributed by atoms with Crippen LogP contribution in [0.25, 0.3) is 0 Å². The molecule has 0 bridgehead atoms. The van der Waals surface area contributed by atoms with Crippen molar-refractivity contribution >= 4 is 50.7 Å². The maximum absolute atomic E-state index is 13.3. The summed E-state index contributed by atoms with van der Waals surface area (Å²) in [5.41, 5.74) is 13.4. The molecule has 4 rings (SSSR count). The molecule has 14 nitrogen and oxygen atoms in total. The molecule has 16 heteroatoms. The number of aliphatic hydroxyl groups excluding tert-OH is 1. The van der Waals surface area contributed by atoms with Crippen molar-refractivity contribution in [3.63, 3.8) is 0 Å². The average Bonchev–Trinajstić information content (AvgIpc) is 3.79. The van der Waals surface area contributed by atoms with Crippen LogP contribution in [0.15, 0.2) is 60.7 Å². The summed E-state index contributed by atoms with van der Waals surface area (Å²) in [5, 5.41) is 35.0. The van der Waals surface area contributed by atoms with E-state index in [1.807, 2.05) is 76.2 Å². The van der Waals surface area contributed by atoms with Gasteiger partial charge in [0.15, 0.2) is 6.29 Å². The fraction of sp³-hybridized carbons (Fsp3) is 0.472. The molecule has 2 heterocycles. The fourth-order valence-corrected chi connectivity index (χ4v) is 6.50. The minimum Gasteiger partial charge on any atom is -0.463 e. The van der Waals surface area contributed by atoms with E-state index in [1.165, 1.54) is 22.7 Å². The number of carbonyl (C=O) groups excluding carboxylic acids is 3. The number of esters is 1. The first-order valence-corrected chi connectivity index (χ1v) is 18.9. The van der Waals surface area contributed by atoms with Crippen LogP contribution in [-0.4, -0.2) is 74.9 Å². The normalized spacial score (nSPS) is 14.4. The third-order valence-corrected chi connectivity index (χ3v) is 10.2. The molecule has 4 aromatic rings. The van der Waals surface area contributed by atoms with Crippen LogP contribution < -0.4 is 22.1 Å². The first-order valence-electron chi connectivity index (χ1n) is 17.3. The molecule has 2 amide bonds. The molecule has 0 aliphatic heterocycles. The van der Waals surface area contributed by atoms with E-state index < -0.39 is 36.2 Å². The summed E-state index contributed by atoms with van der Waals surface area (Å²) in [4.78, 5) is 39.0. The number of nitrogens with one attached hydrogen (secondary N) is 2. The van der Waals surface area contributed by atoms with Crippen LogP contribution >= 0.6 is 22.7 Å². The van der Waals surface area contributed by atoms with Crippen molar-refractivity contribution in [3.05, 3.63) is 81.8 Å². The fourth-order valence-electron chi connectivity index (χ4n) is 4.93. The van der Waals surface area contributed by atoms with E-state index in [0.29, 0.717) is 28.7 Å². The van der Waals surface area contributed by atoms with Gasteiger partial charge in [0.25, 0.3) is 0 Å². The second-order valence-corrected chi connectivity index (χ2v) is 15.2. The predicted octanol–water partition coefficient (Wildman–Crippen LogP) is 4.24. The molecular formula is C36H48N8O6S2. The van der Waals surface area contributed by atoms with Gasteiger partial charge < -0.3 is 26.0 Å².